The molecule has 1 aromatic heterocycles. The highest BCUT2D eigenvalue weighted by atomic mass is 16.1. The molecule has 0 spiro atoms. The first-order valence-electron chi connectivity index (χ1n) is 9.87. The summed E-state index contributed by atoms with van der Waals surface area (Å²) in [5.74, 6) is -0.169. The van der Waals surface area contributed by atoms with Gasteiger partial charge in [-0.3, -0.25) is 9.78 Å². The van der Waals surface area contributed by atoms with Crippen LogP contribution in [-0.2, 0) is 0 Å². The molecule has 2 heterocycles. The Balaban J connectivity index is 1.29. The molecule has 1 fully saturated rings. The minimum atomic E-state index is -0.169. The van der Waals surface area contributed by atoms with Gasteiger partial charge in [0.25, 0.3) is 5.91 Å². The van der Waals surface area contributed by atoms with E-state index in [0.29, 0.717) is 5.56 Å². The van der Waals surface area contributed by atoms with Gasteiger partial charge in [0.05, 0.1) is 5.56 Å². The first-order valence-corrected chi connectivity index (χ1v) is 9.87. The van der Waals surface area contributed by atoms with Crippen LogP contribution in [0.4, 0.5) is 5.69 Å². The number of carbonyl (C=O) groups excluding carboxylic acids is 1. The van der Waals surface area contributed by atoms with Crippen LogP contribution in [0, 0.1) is 6.92 Å². The molecule has 2 N–H and O–H groups in total. The van der Waals surface area contributed by atoms with Crippen molar-refractivity contribution in [1.29, 1.82) is 0 Å². The maximum absolute atomic E-state index is 12.4. The van der Waals surface area contributed by atoms with Crippen molar-refractivity contribution in [2.75, 3.05) is 5.32 Å². The molecular formula is C23H25N5O. The summed E-state index contributed by atoms with van der Waals surface area (Å²) in [6.45, 7) is 3.94. The van der Waals surface area contributed by atoms with E-state index in [4.69, 9.17) is 0 Å². The van der Waals surface area contributed by atoms with Crippen molar-refractivity contribution in [3.8, 4) is 0 Å². The smallest absolute Gasteiger partial charge is 0.257 e. The highest BCUT2D eigenvalue weighted by Gasteiger charge is 2.36. The fourth-order valence-corrected chi connectivity index (χ4v) is 3.12. The molecule has 6 nitrogen and oxygen atoms in total. The quantitative estimate of drug-likeness (QED) is 0.666. The van der Waals surface area contributed by atoms with Crippen LogP contribution in [0.2, 0.25) is 0 Å². The second-order valence-electron chi connectivity index (χ2n) is 7.51. The average molecular weight is 387 g/mol. The SMILES string of the molecule is Cc1cncc(C(=O)Nc2cccc(C(C)[N-]C=CNC3=C[N+](C4CC4)=C3)c2)c1. The van der Waals surface area contributed by atoms with Crippen molar-refractivity contribution in [3.63, 3.8) is 0 Å². The van der Waals surface area contributed by atoms with E-state index in [1.165, 1.54) is 12.8 Å². The number of benzene rings is 1. The number of aromatic nitrogens is 1. The van der Waals surface area contributed by atoms with Crippen LogP contribution >= 0.6 is 0 Å². The van der Waals surface area contributed by atoms with Crippen molar-refractivity contribution in [2.24, 2.45) is 0 Å². The molecule has 1 aliphatic carbocycles. The third-order valence-corrected chi connectivity index (χ3v) is 4.94. The predicted octanol–water partition coefficient (Wildman–Crippen LogP) is 4.24. The molecule has 1 aliphatic heterocycles. The van der Waals surface area contributed by atoms with Crippen molar-refractivity contribution in [3.05, 3.63) is 89.0 Å². The van der Waals surface area contributed by atoms with Crippen LogP contribution in [0.15, 0.2) is 67.0 Å². The number of nitrogens with one attached hydrogen (secondary N) is 2. The summed E-state index contributed by atoms with van der Waals surface area (Å²) in [6.07, 6.45) is 13.8. The Morgan fingerprint density at radius 2 is 2.14 bits per heavy atom. The molecule has 4 rings (SSSR count). The molecule has 29 heavy (non-hydrogen) atoms. The number of pyridine rings is 1. The van der Waals surface area contributed by atoms with Gasteiger partial charge in [-0.15, -0.1) is 0 Å². The van der Waals surface area contributed by atoms with E-state index in [1.54, 1.807) is 18.6 Å². The summed E-state index contributed by atoms with van der Waals surface area (Å²) in [5.41, 5.74) is 4.38. The topological polar surface area (TPSA) is 71.1 Å². The van der Waals surface area contributed by atoms with Gasteiger partial charge in [0.1, 0.15) is 0 Å². The standard InChI is InChI=1S/C23H25N5O/c1-16-10-19(13-24-12-16)23(29)27-20-5-3-4-18(11-20)17(2)25-8-9-26-21-14-28(15-21)22-6-7-22/h3-5,8-15,17,22,26H,6-7H2,1-2H3,(H,27,29). The number of carbonyl (C=O) groups is 1. The van der Waals surface area contributed by atoms with E-state index in [2.05, 4.69) is 37.9 Å². The van der Waals surface area contributed by atoms with Crippen molar-refractivity contribution in [2.45, 2.75) is 38.8 Å². The van der Waals surface area contributed by atoms with Gasteiger partial charge in [-0.05, 0) is 36.9 Å². The Kier molecular flexibility index (Phi) is 5.42. The number of rotatable bonds is 8. The molecule has 0 saturated heterocycles. The lowest BCUT2D eigenvalue weighted by Crippen LogP contribution is -2.25. The Bertz CT molecular complexity index is 1000. The predicted molar refractivity (Wildman–Crippen MR) is 115 cm³/mol. The molecule has 6 heteroatoms. The van der Waals surface area contributed by atoms with Gasteiger partial charge in [-0.2, -0.15) is 10.8 Å². The second-order valence-corrected chi connectivity index (χ2v) is 7.51. The summed E-state index contributed by atoms with van der Waals surface area (Å²) in [4.78, 5) is 16.5. The zero-order valence-electron chi connectivity index (χ0n) is 16.7. The molecular weight excluding hydrogens is 362 g/mol. The first-order chi connectivity index (χ1) is 14.1. The normalized spacial score (nSPS) is 16.5. The molecule has 0 radical (unpaired) electrons. The largest absolute Gasteiger partial charge is 0.683 e. The fraction of sp³-hybridized carbons (Fsp3) is 0.261. The van der Waals surface area contributed by atoms with Gasteiger partial charge < -0.3 is 16.0 Å². The minimum absolute atomic E-state index is 0.0205. The third kappa shape index (κ3) is 4.90. The minimum Gasteiger partial charge on any atom is -0.683 e. The average Bonchev–Trinajstić information content (AvgIpc) is 3.51. The highest BCUT2D eigenvalue weighted by Crippen LogP contribution is 2.26. The van der Waals surface area contributed by atoms with Gasteiger partial charge in [0.15, 0.2) is 24.2 Å². The van der Waals surface area contributed by atoms with Crippen molar-refractivity contribution >= 4 is 17.8 Å². The van der Waals surface area contributed by atoms with Crippen LogP contribution < -0.4 is 10.6 Å². The lowest BCUT2D eigenvalue weighted by atomic mass is 10.1. The maximum Gasteiger partial charge on any atom is 0.257 e. The van der Waals surface area contributed by atoms with Crippen LogP contribution in [0.5, 0.6) is 0 Å². The Morgan fingerprint density at radius 3 is 2.90 bits per heavy atom. The van der Waals surface area contributed by atoms with Crippen molar-refractivity contribution in [1.82, 2.24) is 10.3 Å². The number of amides is 1. The van der Waals surface area contributed by atoms with E-state index in [9.17, 15) is 4.79 Å². The second kappa shape index (κ2) is 8.31. The molecule has 148 valence electrons. The van der Waals surface area contributed by atoms with Gasteiger partial charge in [0.2, 0.25) is 0 Å². The van der Waals surface area contributed by atoms with Gasteiger partial charge in [0, 0.05) is 30.9 Å². The number of allylic oxidation sites excluding steroid dienone is 1. The molecule has 2 aromatic rings. The Hall–Kier alpha value is -3.41. The van der Waals surface area contributed by atoms with E-state index >= 15 is 0 Å². The summed E-state index contributed by atoms with van der Waals surface area (Å²) in [6, 6.07) is 10.3. The van der Waals surface area contributed by atoms with Gasteiger partial charge in [-0.25, -0.2) is 0 Å². The number of hydrogen-bond acceptors (Lipinski definition) is 3. The molecule has 1 saturated carbocycles. The lowest BCUT2D eigenvalue weighted by Gasteiger charge is -2.26. The van der Waals surface area contributed by atoms with Gasteiger partial charge >= 0.3 is 0 Å². The highest BCUT2D eigenvalue weighted by molar-refractivity contribution is 6.04. The number of aryl methyl sites for hydroxylation is 1. The number of nitrogens with zero attached hydrogens (tertiary/aromatic N) is 3. The van der Waals surface area contributed by atoms with Crippen LogP contribution in [0.3, 0.4) is 0 Å². The third-order valence-electron chi connectivity index (χ3n) is 4.94. The zero-order chi connectivity index (χ0) is 20.2. The molecule has 1 aromatic carbocycles. The van der Waals surface area contributed by atoms with Crippen LogP contribution in [0.25, 0.3) is 5.32 Å². The summed E-state index contributed by atoms with van der Waals surface area (Å²) >= 11 is 0. The number of hydrogen-bond donors (Lipinski definition) is 2. The van der Waals surface area contributed by atoms with E-state index in [-0.39, 0.29) is 11.9 Å². The summed E-state index contributed by atoms with van der Waals surface area (Å²) in [5, 5.41) is 10.7. The van der Waals surface area contributed by atoms with E-state index in [0.717, 1.165) is 28.6 Å². The summed E-state index contributed by atoms with van der Waals surface area (Å²) in [7, 11) is 0. The fourth-order valence-electron chi connectivity index (χ4n) is 3.12. The molecule has 1 amide bonds. The number of anilines is 1. The Morgan fingerprint density at radius 1 is 1.31 bits per heavy atom. The van der Waals surface area contributed by atoms with Gasteiger partial charge in [-0.1, -0.05) is 30.7 Å². The molecule has 1 unspecified atom stereocenters. The molecule has 2 aliphatic rings. The van der Waals surface area contributed by atoms with Crippen LogP contribution in [0.1, 0.15) is 47.3 Å². The van der Waals surface area contributed by atoms with Crippen molar-refractivity contribution < 1.29 is 9.37 Å². The Labute approximate surface area is 171 Å². The lowest BCUT2D eigenvalue weighted by molar-refractivity contribution is -0.479. The van der Waals surface area contributed by atoms with E-state index in [1.807, 2.05) is 50.4 Å². The molecule has 1 atom stereocenters. The van der Waals surface area contributed by atoms with E-state index < -0.39 is 0 Å². The monoisotopic (exact) mass is 387 g/mol. The van der Waals surface area contributed by atoms with Crippen LogP contribution in [-0.4, -0.2) is 27.7 Å². The first kappa shape index (κ1) is 18.9. The maximum atomic E-state index is 12.4. The molecule has 0 bridgehead atoms. The summed E-state index contributed by atoms with van der Waals surface area (Å²) < 4.78 is 2.25. The zero-order valence-corrected chi connectivity index (χ0v) is 16.7.